The molecule has 3 rings (SSSR count). The lowest BCUT2D eigenvalue weighted by molar-refractivity contribution is 0.138. The third-order valence-corrected chi connectivity index (χ3v) is 4.44. The highest BCUT2D eigenvalue weighted by Gasteiger charge is 2.30. The smallest absolute Gasteiger partial charge is 0.123 e. The standard InChI is InChI=1S/C18H18Cl2O/c1-18(2)11-14-10-13(5-8-17(14)21-18)16(20)9-12-3-6-15(19)7-4-12/h3-8,10,16H,9,11H2,1-2H3. The topological polar surface area (TPSA) is 9.23 Å². The fourth-order valence-corrected chi connectivity index (χ4v) is 3.21. The first kappa shape index (κ1) is 14.7. The second-order valence-electron chi connectivity index (χ2n) is 6.20. The molecule has 0 aliphatic carbocycles. The Hall–Kier alpha value is -1.18. The van der Waals surface area contributed by atoms with Gasteiger partial charge in [-0.3, -0.25) is 0 Å². The van der Waals surface area contributed by atoms with Crippen molar-refractivity contribution in [3.8, 4) is 5.75 Å². The van der Waals surface area contributed by atoms with Crippen molar-refractivity contribution in [3.63, 3.8) is 0 Å². The SMILES string of the molecule is CC1(C)Cc2cc(C(Cl)Cc3ccc(Cl)cc3)ccc2O1. The highest BCUT2D eigenvalue weighted by Crippen LogP contribution is 2.37. The van der Waals surface area contributed by atoms with E-state index in [0.717, 1.165) is 29.2 Å². The zero-order valence-electron chi connectivity index (χ0n) is 12.2. The van der Waals surface area contributed by atoms with Gasteiger partial charge in [0.05, 0.1) is 5.38 Å². The normalized spacial score (nSPS) is 17.1. The van der Waals surface area contributed by atoms with Crippen molar-refractivity contribution in [2.24, 2.45) is 0 Å². The summed E-state index contributed by atoms with van der Waals surface area (Å²) in [6, 6.07) is 14.1. The van der Waals surface area contributed by atoms with Crippen LogP contribution in [0.5, 0.6) is 5.75 Å². The van der Waals surface area contributed by atoms with E-state index in [1.54, 1.807) is 0 Å². The molecule has 1 aliphatic heterocycles. The molecule has 1 atom stereocenters. The Bertz CT molecular complexity index is 647. The molecule has 0 amide bonds. The predicted octanol–water partition coefficient (Wildman–Crippen LogP) is 5.58. The lowest BCUT2D eigenvalue weighted by Gasteiger charge is -2.16. The first-order valence-corrected chi connectivity index (χ1v) is 7.95. The van der Waals surface area contributed by atoms with Crippen LogP contribution in [0.25, 0.3) is 0 Å². The minimum atomic E-state index is -0.112. The molecule has 0 N–H and O–H groups in total. The van der Waals surface area contributed by atoms with E-state index in [1.807, 2.05) is 30.3 Å². The maximum absolute atomic E-state index is 6.58. The molecule has 0 fully saturated rings. The summed E-state index contributed by atoms with van der Waals surface area (Å²) >= 11 is 12.5. The minimum Gasteiger partial charge on any atom is -0.487 e. The van der Waals surface area contributed by atoms with Crippen LogP contribution in [0.2, 0.25) is 5.02 Å². The fourth-order valence-electron chi connectivity index (χ4n) is 2.77. The number of halogens is 2. The van der Waals surface area contributed by atoms with Crippen LogP contribution in [0, 0.1) is 0 Å². The van der Waals surface area contributed by atoms with E-state index in [-0.39, 0.29) is 11.0 Å². The van der Waals surface area contributed by atoms with E-state index in [2.05, 4.69) is 26.0 Å². The van der Waals surface area contributed by atoms with Gasteiger partial charge in [-0.25, -0.2) is 0 Å². The van der Waals surface area contributed by atoms with E-state index in [4.69, 9.17) is 27.9 Å². The van der Waals surface area contributed by atoms with E-state index in [0.29, 0.717) is 0 Å². The summed E-state index contributed by atoms with van der Waals surface area (Å²) in [7, 11) is 0. The van der Waals surface area contributed by atoms with Crippen LogP contribution in [0.3, 0.4) is 0 Å². The van der Waals surface area contributed by atoms with Gasteiger partial charge in [-0.1, -0.05) is 35.9 Å². The van der Waals surface area contributed by atoms with Crippen LogP contribution in [0.1, 0.15) is 35.9 Å². The molecule has 1 heterocycles. The lowest BCUT2D eigenvalue weighted by Crippen LogP contribution is -2.24. The first-order valence-electron chi connectivity index (χ1n) is 7.13. The van der Waals surface area contributed by atoms with E-state index >= 15 is 0 Å². The molecule has 0 radical (unpaired) electrons. The van der Waals surface area contributed by atoms with Gasteiger partial charge < -0.3 is 4.74 Å². The Morgan fingerprint density at radius 2 is 1.86 bits per heavy atom. The molecule has 21 heavy (non-hydrogen) atoms. The average molecular weight is 321 g/mol. The fraction of sp³-hybridized carbons (Fsp3) is 0.333. The Kier molecular flexibility index (Phi) is 3.90. The van der Waals surface area contributed by atoms with Crippen LogP contribution >= 0.6 is 23.2 Å². The van der Waals surface area contributed by atoms with Gasteiger partial charge in [0, 0.05) is 11.4 Å². The average Bonchev–Trinajstić information content (AvgIpc) is 2.74. The number of rotatable bonds is 3. The summed E-state index contributed by atoms with van der Waals surface area (Å²) in [6.45, 7) is 4.22. The number of alkyl halides is 1. The van der Waals surface area contributed by atoms with E-state index in [9.17, 15) is 0 Å². The third-order valence-electron chi connectivity index (χ3n) is 3.78. The van der Waals surface area contributed by atoms with Crippen molar-refractivity contribution in [2.75, 3.05) is 0 Å². The summed E-state index contributed by atoms with van der Waals surface area (Å²) in [5, 5.41) is 0.710. The van der Waals surface area contributed by atoms with E-state index < -0.39 is 0 Å². The predicted molar refractivity (Wildman–Crippen MR) is 88.6 cm³/mol. The molecule has 0 aromatic heterocycles. The van der Waals surface area contributed by atoms with Gasteiger partial charge in [-0.15, -0.1) is 11.6 Å². The molecule has 2 aromatic carbocycles. The lowest BCUT2D eigenvalue weighted by atomic mass is 9.97. The molecule has 1 unspecified atom stereocenters. The zero-order valence-corrected chi connectivity index (χ0v) is 13.7. The molecule has 0 saturated heterocycles. The largest absolute Gasteiger partial charge is 0.487 e. The molecule has 0 bridgehead atoms. The number of ether oxygens (including phenoxy) is 1. The van der Waals surface area contributed by atoms with Crippen LogP contribution in [0.15, 0.2) is 42.5 Å². The maximum atomic E-state index is 6.58. The summed E-state index contributed by atoms with van der Waals surface area (Å²) in [5.74, 6) is 0.985. The molecule has 1 nitrogen and oxygen atoms in total. The van der Waals surface area contributed by atoms with Gasteiger partial charge in [0.15, 0.2) is 0 Å². The number of hydrogen-bond acceptors (Lipinski definition) is 1. The van der Waals surface area contributed by atoms with Gasteiger partial charge in [-0.2, -0.15) is 0 Å². The van der Waals surface area contributed by atoms with Gasteiger partial charge in [0.2, 0.25) is 0 Å². The second-order valence-corrected chi connectivity index (χ2v) is 7.17. The summed E-state index contributed by atoms with van der Waals surface area (Å²) < 4.78 is 5.90. The monoisotopic (exact) mass is 320 g/mol. The van der Waals surface area contributed by atoms with Crippen molar-refractivity contribution in [2.45, 2.75) is 37.7 Å². The van der Waals surface area contributed by atoms with Crippen LogP contribution < -0.4 is 4.74 Å². The highest BCUT2D eigenvalue weighted by molar-refractivity contribution is 6.30. The summed E-state index contributed by atoms with van der Waals surface area (Å²) in [5.41, 5.74) is 3.47. The molecular formula is C18H18Cl2O. The molecule has 0 saturated carbocycles. The van der Waals surface area contributed by atoms with Gasteiger partial charge in [0.1, 0.15) is 11.4 Å². The Balaban J connectivity index is 1.77. The molecule has 110 valence electrons. The van der Waals surface area contributed by atoms with Gasteiger partial charge in [0.25, 0.3) is 0 Å². The molecule has 1 aliphatic rings. The van der Waals surface area contributed by atoms with E-state index in [1.165, 1.54) is 11.1 Å². The summed E-state index contributed by atoms with van der Waals surface area (Å²) in [4.78, 5) is 0. The van der Waals surface area contributed by atoms with Crippen molar-refractivity contribution in [1.82, 2.24) is 0 Å². The molecule has 3 heteroatoms. The molecule has 0 spiro atoms. The number of benzene rings is 2. The Morgan fingerprint density at radius 3 is 2.57 bits per heavy atom. The molecular weight excluding hydrogens is 303 g/mol. The number of fused-ring (bicyclic) bond motifs is 1. The first-order chi connectivity index (χ1) is 9.93. The Morgan fingerprint density at radius 1 is 1.14 bits per heavy atom. The zero-order chi connectivity index (χ0) is 15.0. The van der Waals surface area contributed by atoms with Crippen LogP contribution in [-0.4, -0.2) is 5.60 Å². The minimum absolute atomic E-state index is 0.0415. The quantitative estimate of drug-likeness (QED) is 0.671. The van der Waals surface area contributed by atoms with Crippen molar-refractivity contribution in [1.29, 1.82) is 0 Å². The van der Waals surface area contributed by atoms with Crippen LogP contribution in [-0.2, 0) is 12.8 Å². The highest BCUT2D eigenvalue weighted by atomic mass is 35.5. The molecule has 2 aromatic rings. The third kappa shape index (κ3) is 3.36. The van der Waals surface area contributed by atoms with Gasteiger partial charge in [-0.05, 0) is 55.2 Å². The van der Waals surface area contributed by atoms with Gasteiger partial charge >= 0.3 is 0 Å². The Labute approximate surface area is 135 Å². The summed E-state index contributed by atoms with van der Waals surface area (Å²) in [6.07, 6.45) is 1.72. The van der Waals surface area contributed by atoms with Crippen molar-refractivity contribution >= 4 is 23.2 Å². The van der Waals surface area contributed by atoms with Crippen molar-refractivity contribution in [3.05, 3.63) is 64.2 Å². The van der Waals surface area contributed by atoms with Crippen LogP contribution in [0.4, 0.5) is 0 Å². The maximum Gasteiger partial charge on any atom is 0.123 e. The van der Waals surface area contributed by atoms with Crippen molar-refractivity contribution < 1.29 is 4.74 Å². The number of hydrogen-bond donors (Lipinski definition) is 0. The second kappa shape index (κ2) is 5.55.